The molecule has 1 saturated heterocycles. The highest BCUT2D eigenvalue weighted by Crippen LogP contribution is 2.39. The van der Waals surface area contributed by atoms with Gasteiger partial charge in [-0.3, -0.25) is 15.0 Å². The molecule has 1 aliphatic heterocycles. The summed E-state index contributed by atoms with van der Waals surface area (Å²) in [6.45, 7) is 1.82. The van der Waals surface area contributed by atoms with Gasteiger partial charge < -0.3 is 9.88 Å². The van der Waals surface area contributed by atoms with Crippen molar-refractivity contribution in [1.29, 1.82) is 0 Å². The van der Waals surface area contributed by atoms with E-state index in [0.717, 1.165) is 23.7 Å². The summed E-state index contributed by atoms with van der Waals surface area (Å²) < 4.78 is 1.89. The molecule has 0 unspecified atom stereocenters. The average Bonchev–Trinajstić information content (AvgIpc) is 3.46. The monoisotopic (exact) mass is 414 g/mol. The molecule has 2 fully saturated rings. The van der Waals surface area contributed by atoms with Crippen molar-refractivity contribution in [2.45, 2.75) is 42.8 Å². The molecule has 152 valence electrons. The van der Waals surface area contributed by atoms with Crippen molar-refractivity contribution in [2.24, 2.45) is 7.05 Å². The first-order chi connectivity index (χ1) is 14.0. The van der Waals surface area contributed by atoms with Crippen molar-refractivity contribution < 1.29 is 14.4 Å². The summed E-state index contributed by atoms with van der Waals surface area (Å²) in [4.78, 5) is 37.8. The van der Waals surface area contributed by atoms with Crippen molar-refractivity contribution in [2.75, 3.05) is 5.75 Å². The molecule has 1 aromatic heterocycles. The van der Waals surface area contributed by atoms with Gasteiger partial charge in [0.2, 0.25) is 5.91 Å². The Morgan fingerprint density at radius 1 is 1.28 bits per heavy atom. The van der Waals surface area contributed by atoms with E-state index in [1.807, 2.05) is 24.6 Å². The van der Waals surface area contributed by atoms with E-state index in [1.165, 1.54) is 11.8 Å². The van der Waals surface area contributed by atoms with Gasteiger partial charge in [-0.25, -0.2) is 4.79 Å². The van der Waals surface area contributed by atoms with Crippen LogP contribution in [0.3, 0.4) is 0 Å². The first kappa shape index (κ1) is 19.4. The molecule has 1 saturated carbocycles. The number of hydrogen-bond acceptors (Lipinski definition) is 6. The largest absolute Gasteiger partial charge is 0.344 e. The quantitative estimate of drug-likeness (QED) is 0.527. The lowest BCUT2D eigenvalue weighted by Gasteiger charge is -2.25. The van der Waals surface area contributed by atoms with E-state index in [2.05, 4.69) is 20.9 Å². The molecule has 1 aromatic carbocycles. The molecule has 2 aliphatic rings. The maximum atomic E-state index is 13.0. The summed E-state index contributed by atoms with van der Waals surface area (Å²) in [5.41, 5.74) is 1.92. The third kappa shape index (κ3) is 3.48. The van der Waals surface area contributed by atoms with Gasteiger partial charge in [0.1, 0.15) is 11.4 Å². The van der Waals surface area contributed by atoms with Crippen molar-refractivity contribution in [1.82, 2.24) is 30.5 Å². The second-order valence-electron chi connectivity index (χ2n) is 7.19. The van der Waals surface area contributed by atoms with Gasteiger partial charge >= 0.3 is 6.03 Å². The SMILES string of the molecule is CC[C@@]1(c2ccccc2)NC(=O)N(NC(=O)CSc2nnc(C3CC3)n2C)C1=O. The van der Waals surface area contributed by atoms with E-state index < -0.39 is 23.4 Å². The lowest BCUT2D eigenvalue weighted by atomic mass is 9.87. The molecule has 0 bridgehead atoms. The normalized spacial score (nSPS) is 21.4. The molecular weight excluding hydrogens is 392 g/mol. The van der Waals surface area contributed by atoms with E-state index in [9.17, 15) is 14.4 Å². The van der Waals surface area contributed by atoms with Crippen LogP contribution in [0.5, 0.6) is 0 Å². The summed E-state index contributed by atoms with van der Waals surface area (Å²) in [6, 6.07) is 8.38. The topological polar surface area (TPSA) is 109 Å². The molecule has 2 N–H and O–H groups in total. The molecular formula is C19H22N6O3S. The van der Waals surface area contributed by atoms with E-state index in [4.69, 9.17) is 0 Å². The predicted molar refractivity (Wildman–Crippen MR) is 106 cm³/mol. The number of rotatable bonds is 7. The van der Waals surface area contributed by atoms with Crippen LogP contribution in [0, 0.1) is 0 Å². The van der Waals surface area contributed by atoms with Crippen molar-refractivity contribution in [3.8, 4) is 0 Å². The second-order valence-corrected chi connectivity index (χ2v) is 8.14. The van der Waals surface area contributed by atoms with Gasteiger partial charge in [-0.1, -0.05) is 49.0 Å². The Kier molecular flexibility index (Phi) is 5.03. The molecule has 29 heavy (non-hydrogen) atoms. The van der Waals surface area contributed by atoms with Crippen LogP contribution in [0.15, 0.2) is 35.5 Å². The maximum Gasteiger partial charge on any atom is 0.344 e. The first-order valence-corrected chi connectivity index (χ1v) is 10.5. The summed E-state index contributed by atoms with van der Waals surface area (Å²) in [7, 11) is 1.88. The molecule has 9 nitrogen and oxygen atoms in total. The van der Waals surface area contributed by atoms with Crippen molar-refractivity contribution >= 4 is 29.6 Å². The van der Waals surface area contributed by atoms with E-state index in [1.54, 1.807) is 24.3 Å². The van der Waals surface area contributed by atoms with Gasteiger partial charge in [-0.2, -0.15) is 5.01 Å². The number of hydrogen-bond donors (Lipinski definition) is 2. The van der Waals surface area contributed by atoms with Gasteiger partial charge in [-0.05, 0) is 24.8 Å². The van der Waals surface area contributed by atoms with Gasteiger partial charge in [0.15, 0.2) is 5.16 Å². The number of urea groups is 1. The van der Waals surface area contributed by atoms with E-state index >= 15 is 0 Å². The number of carbonyl (C=O) groups is 3. The van der Waals surface area contributed by atoms with E-state index in [-0.39, 0.29) is 5.75 Å². The molecule has 10 heteroatoms. The zero-order valence-corrected chi connectivity index (χ0v) is 17.0. The summed E-state index contributed by atoms with van der Waals surface area (Å²) >= 11 is 1.22. The standard InChI is InChI=1S/C19H22N6O3S/c1-3-19(13-7-5-4-6-8-13)16(27)25(17(28)20-19)23-14(26)11-29-18-22-21-15(24(18)2)12-9-10-12/h4-8,12H,3,9-11H2,1-2H3,(H,20,28)(H,23,26)/t19-/m0/s1. The minimum atomic E-state index is -1.18. The number of carbonyl (C=O) groups excluding carboxylic acids is 3. The molecule has 0 radical (unpaired) electrons. The Balaban J connectivity index is 1.41. The third-order valence-corrected chi connectivity index (χ3v) is 6.29. The number of aromatic nitrogens is 3. The smallest absolute Gasteiger partial charge is 0.318 e. The molecule has 4 rings (SSSR count). The first-order valence-electron chi connectivity index (χ1n) is 9.50. The number of nitrogens with zero attached hydrogens (tertiary/aromatic N) is 4. The lowest BCUT2D eigenvalue weighted by Crippen LogP contribution is -2.49. The highest BCUT2D eigenvalue weighted by Gasteiger charge is 2.52. The van der Waals surface area contributed by atoms with Crippen molar-refractivity contribution in [3.05, 3.63) is 41.7 Å². The number of hydrazine groups is 1. The Hall–Kier alpha value is -2.88. The average molecular weight is 414 g/mol. The molecule has 4 amide bonds. The summed E-state index contributed by atoms with van der Waals surface area (Å²) in [5.74, 6) is 0.441. The van der Waals surface area contributed by atoms with Crippen LogP contribution in [0.25, 0.3) is 0 Å². The molecule has 1 aliphatic carbocycles. The number of nitrogens with one attached hydrogen (secondary N) is 2. The molecule has 2 heterocycles. The van der Waals surface area contributed by atoms with Crippen LogP contribution < -0.4 is 10.7 Å². The van der Waals surface area contributed by atoms with Crippen LogP contribution in [0.2, 0.25) is 0 Å². The van der Waals surface area contributed by atoms with Crippen LogP contribution in [-0.2, 0) is 22.2 Å². The highest BCUT2D eigenvalue weighted by molar-refractivity contribution is 7.99. The third-order valence-electron chi connectivity index (χ3n) is 5.27. The fraction of sp³-hybridized carbons (Fsp3) is 0.421. The van der Waals surface area contributed by atoms with Gasteiger partial charge in [0.05, 0.1) is 5.75 Å². The Morgan fingerprint density at radius 3 is 2.66 bits per heavy atom. The van der Waals surface area contributed by atoms with Crippen LogP contribution in [-0.4, -0.2) is 43.4 Å². The number of imide groups is 1. The molecule has 1 atom stereocenters. The molecule has 0 spiro atoms. The minimum Gasteiger partial charge on any atom is -0.318 e. The van der Waals surface area contributed by atoms with Crippen LogP contribution in [0.1, 0.15) is 43.5 Å². The number of thioether (sulfide) groups is 1. The second kappa shape index (κ2) is 7.51. The van der Waals surface area contributed by atoms with Crippen molar-refractivity contribution in [3.63, 3.8) is 0 Å². The Labute approximate surface area is 172 Å². The van der Waals surface area contributed by atoms with Crippen LogP contribution >= 0.6 is 11.8 Å². The minimum absolute atomic E-state index is 0.0121. The van der Waals surface area contributed by atoms with Gasteiger partial charge in [-0.15, -0.1) is 10.2 Å². The number of benzene rings is 1. The van der Waals surface area contributed by atoms with E-state index in [0.29, 0.717) is 23.1 Å². The number of amides is 4. The predicted octanol–water partition coefficient (Wildman–Crippen LogP) is 1.67. The fourth-order valence-corrected chi connectivity index (χ4v) is 4.19. The Morgan fingerprint density at radius 2 is 2.00 bits per heavy atom. The molecule has 2 aromatic rings. The summed E-state index contributed by atoms with van der Waals surface area (Å²) in [6.07, 6.45) is 2.60. The van der Waals surface area contributed by atoms with Gasteiger partial charge in [0.25, 0.3) is 5.91 Å². The Bertz CT molecular complexity index is 958. The zero-order chi connectivity index (χ0) is 20.6. The lowest BCUT2D eigenvalue weighted by molar-refractivity contribution is -0.138. The fourth-order valence-electron chi connectivity index (χ4n) is 3.47. The maximum absolute atomic E-state index is 13.0. The highest BCUT2D eigenvalue weighted by atomic mass is 32.2. The van der Waals surface area contributed by atoms with Crippen LogP contribution in [0.4, 0.5) is 4.79 Å². The zero-order valence-electron chi connectivity index (χ0n) is 16.2. The summed E-state index contributed by atoms with van der Waals surface area (Å²) in [5, 5.41) is 12.4. The van der Waals surface area contributed by atoms with Gasteiger partial charge in [0, 0.05) is 13.0 Å².